The zero-order valence-corrected chi connectivity index (χ0v) is 5.58. The summed E-state index contributed by atoms with van der Waals surface area (Å²) in [5, 5.41) is 18.9. The predicted molar refractivity (Wildman–Crippen MR) is 32.8 cm³/mol. The highest BCUT2D eigenvalue weighted by Crippen LogP contribution is 1.72. The molecule has 0 fully saturated rings. The number of hydrogen-bond donors (Lipinski definition) is 3. The fraction of sp³-hybridized carbons (Fsp3) is 0. The van der Waals surface area contributed by atoms with Gasteiger partial charge in [-0.3, -0.25) is 0 Å². The van der Waals surface area contributed by atoms with Crippen molar-refractivity contribution < 1.29 is 19.9 Å². The molecule has 0 aromatic carbocycles. The molecule has 0 saturated carbocycles. The Hall–Kier alpha value is -2.26. The second kappa shape index (κ2) is 6.85. The summed E-state index contributed by atoms with van der Waals surface area (Å²) in [4.78, 5) is 27.7. The van der Waals surface area contributed by atoms with Gasteiger partial charge in [-0.2, -0.15) is 0 Å². The van der Waals surface area contributed by atoms with Crippen molar-refractivity contribution in [2.45, 2.75) is 0 Å². The van der Waals surface area contributed by atoms with Crippen molar-refractivity contribution >= 4 is 12.1 Å². The molecule has 0 aromatic heterocycles. The van der Waals surface area contributed by atoms with Crippen molar-refractivity contribution in [3.63, 3.8) is 0 Å². The molecule has 68 valence electrons. The molecule has 0 aliphatic carbocycles. The number of nitrogens with two attached hydrogens (primary N) is 2. The van der Waals surface area contributed by atoms with E-state index in [1.165, 1.54) is 0 Å². The summed E-state index contributed by atoms with van der Waals surface area (Å²) >= 11 is 0. The van der Waals surface area contributed by atoms with Gasteiger partial charge in [0, 0.05) is 0 Å². The van der Waals surface area contributed by atoms with Gasteiger partial charge in [0.15, 0.2) is 0 Å². The molecule has 0 saturated heterocycles. The number of urea groups is 2. The number of primary amides is 2. The first kappa shape index (κ1) is 12.4. The molecule has 0 atom stereocenters. The first-order chi connectivity index (χ1) is 5.36. The Balaban J connectivity index is 0. The molecule has 5 N–H and O–H groups in total. The fourth-order valence-electron chi connectivity index (χ4n) is 0.0986. The third kappa shape index (κ3) is 46.8. The number of rotatable bonds is 0. The van der Waals surface area contributed by atoms with Gasteiger partial charge in [-0.15, -0.1) is 10.1 Å². The Labute approximate surface area is 65.0 Å². The van der Waals surface area contributed by atoms with E-state index >= 15 is 0 Å². The molecule has 0 heterocycles. The molecule has 10 nitrogen and oxygen atoms in total. The molecule has 0 rings (SSSR count). The van der Waals surface area contributed by atoms with E-state index in [4.69, 9.17) is 15.3 Å². The predicted octanol–water partition coefficient (Wildman–Crippen LogP) is -0.752. The Bertz CT molecular complexity index is 190. The van der Waals surface area contributed by atoms with Gasteiger partial charge in [0.1, 0.15) is 0 Å². The number of carbonyl (C=O) groups excluding carboxylic acids is 2. The van der Waals surface area contributed by atoms with Gasteiger partial charge >= 0.3 is 12.1 Å². The van der Waals surface area contributed by atoms with Crippen LogP contribution in [0.5, 0.6) is 0 Å². The maximum Gasteiger partial charge on any atom is 0.357 e. The second-order valence-corrected chi connectivity index (χ2v) is 1.11. The van der Waals surface area contributed by atoms with Crippen LogP contribution in [0, 0.1) is 10.1 Å². The lowest BCUT2D eigenvalue weighted by molar-refractivity contribution is -0.742. The molecule has 12 heavy (non-hydrogen) atoms. The van der Waals surface area contributed by atoms with Crippen LogP contribution in [0.4, 0.5) is 9.59 Å². The van der Waals surface area contributed by atoms with Crippen LogP contribution in [0.1, 0.15) is 0 Å². The Kier molecular flexibility index (Phi) is 7.09. The van der Waals surface area contributed by atoms with Crippen LogP contribution in [-0.4, -0.2) is 22.4 Å². The molecule has 0 aliphatic heterocycles. The summed E-state index contributed by atoms with van der Waals surface area (Å²) in [7, 11) is 0. The monoisotopic (exact) mass is 179 g/mol. The number of azo groups is 1. The van der Waals surface area contributed by atoms with Crippen molar-refractivity contribution in [3.8, 4) is 0 Å². The van der Waals surface area contributed by atoms with Crippen molar-refractivity contribution in [2.24, 2.45) is 21.7 Å². The molecule has 0 bridgehead atoms. The first-order valence-corrected chi connectivity index (χ1v) is 2.20. The molecular weight excluding hydrogens is 174 g/mol. The highest BCUT2D eigenvalue weighted by atomic mass is 16.9. The first-order valence-electron chi connectivity index (χ1n) is 2.20. The molecule has 4 amide bonds. The SMILES string of the molecule is NC(=O)/N=N/C(N)=O.O=[N+]([O-])O. The van der Waals surface area contributed by atoms with Gasteiger partial charge in [-0.1, -0.05) is 10.2 Å². The number of carbonyl (C=O) groups is 2. The molecule has 0 spiro atoms. The summed E-state index contributed by atoms with van der Waals surface area (Å²) in [6.07, 6.45) is 0. The van der Waals surface area contributed by atoms with E-state index in [1.807, 2.05) is 0 Å². The van der Waals surface area contributed by atoms with Crippen LogP contribution in [0.3, 0.4) is 0 Å². The molecule has 0 radical (unpaired) electrons. The minimum atomic E-state index is -1.50. The minimum Gasteiger partial charge on any atom is -0.348 e. The molecule has 0 aliphatic rings. The smallest absolute Gasteiger partial charge is 0.348 e. The zero-order chi connectivity index (χ0) is 10.1. The van der Waals surface area contributed by atoms with E-state index in [2.05, 4.69) is 21.7 Å². The molecule has 0 aromatic rings. The number of nitrogens with zero attached hydrogens (tertiary/aromatic N) is 3. The summed E-state index contributed by atoms with van der Waals surface area (Å²) < 4.78 is 0. The van der Waals surface area contributed by atoms with Crippen LogP contribution >= 0.6 is 0 Å². The summed E-state index contributed by atoms with van der Waals surface area (Å²) in [6.45, 7) is 0. The highest BCUT2D eigenvalue weighted by Gasteiger charge is 1.86. The van der Waals surface area contributed by atoms with Crippen molar-refractivity contribution in [2.75, 3.05) is 0 Å². The number of hydrogen-bond acceptors (Lipinski definition) is 4. The van der Waals surface area contributed by atoms with Crippen LogP contribution < -0.4 is 11.5 Å². The van der Waals surface area contributed by atoms with Gasteiger partial charge in [0.2, 0.25) is 0 Å². The standard InChI is InChI=1S/C2H4N4O2.HNO3/c3-1(7)5-6-2(4)8;2-1(3)4/h(H2,3,7)(H2,4,8);(H,2,3,4)/b6-5+;. The van der Waals surface area contributed by atoms with Gasteiger partial charge in [-0.05, 0) is 0 Å². The van der Waals surface area contributed by atoms with E-state index in [9.17, 15) is 9.59 Å². The summed E-state index contributed by atoms with van der Waals surface area (Å²) in [5.41, 5.74) is 8.87. The quantitative estimate of drug-likeness (QED) is 0.251. The van der Waals surface area contributed by atoms with Crippen molar-refractivity contribution in [3.05, 3.63) is 10.1 Å². The third-order valence-corrected chi connectivity index (χ3v) is 0.247. The highest BCUT2D eigenvalue weighted by molar-refractivity contribution is 5.77. The summed E-state index contributed by atoms with van der Waals surface area (Å²) in [6, 6.07) is -2.08. The van der Waals surface area contributed by atoms with Gasteiger partial charge in [0.05, 0.1) is 0 Å². The third-order valence-electron chi connectivity index (χ3n) is 0.247. The lowest BCUT2D eigenvalue weighted by Crippen LogP contribution is -2.07. The average molecular weight is 179 g/mol. The molecule has 0 unspecified atom stereocenters. The van der Waals surface area contributed by atoms with E-state index < -0.39 is 17.1 Å². The zero-order valence-electron chi connectivity index (χ0n) is 5.58. The topological polar surface area (TPSA) is 174 Å². The number of amides is 4. The van der Waals surface area contributed by atoms with Crippen LogP contribution in [0.15, 0.2) is 10.2 Å². The Morgan fingerprint density at radius 2 is 1.42 bits per heavy atom. The van der Waals surface area contributed by atoms with Crippen LogP contribution in [0.2, 0.25) is 0 Å². The van der Waals surface area contributed by atoms with E-state index in [-0.39, 0.29) is 0 Å². The van der Waals surface area contributed by atoms with E-state index in [0.717, 1.165) is 0 Å². The molecule has 10 heteroatoms. The minimum absolute atomic E-state index is 1.04. The van der Waals surface area contributed by atoms with Crippen LogP contribution in [0.25, 0.3) is 0 Å². The van der Waals surface area contributed by atoms with Crippen molar-refractivity contribution in [1.82, 2.24) is 0 Å². The summed E-state index contributed by atoms with van der Waals surface area (Å²) in [5.74, 6) is 0. The van der Waals surface area contributed by atoms with Gasteiger partial charge in [0.25, 0.3) is 5.09 Å². The normalized spacial score (nSPS) is 8.33. The lowest BCUT2D eigenvalue weighted by Gasteiger charge is -1.74. The fourth-order valence-corrected chi connectivity index (χ4v) is 0.0986. The van der Waals surface area contributed by atoms with Gasteiger partial charge < -0.3 is 16.7 Å². The van der Waals surface area contributed by atoms with Crippen molar-refractivity contribution in [1.29, 1.82) is 0 Å². The largest absolute Gasteiger partial charge is 0.357 e. The van der Waals surface area contributed by atoms with Gasteiger partial charge in [-0.25, -0.2) is 9.59 Å². The second-order valence-electron chi connectivity index (χ2n) is 1.11. The maximum atomic E-state index is 9.66. The maximum absolute atomic E-state index is 9.66. The Morgan fingerprint density at radius 3 is 1.50 bits per heavy atom. The van der Waals surface area contributed by atoms with Crippen LogP contribution in [-0.2, 0) is 0 Å². The van der Waals surface area contributed by atoms with E-state index in [0.29, 0.717) is 0 Å². The Morgan fingerprint density at radius 1 is 1.25 bits per heavy atom. The average Bonchev–Trinajstić information content (AvgIpc) is 1.82. The molecular formula is C2H5N5O5. The lowest BCUT2D eigenvalue weighted by atomic mass is 11.1. The van der Waals surface area contributed by atoms with E-state index in [1.54, 1.807) is 0 Å².